The van der Waals surface area contributed by atoms with E-state index in [0.29, 0.717) is 12.6 Å². The lowest BCUT2D eigenvalue weighted by Gasteiger charge is -2.15. The molecule has 2 aromatic carbocycles. The van der Waals surface area contributed by atoms with Gasteiger partial charge in [-0.2, -0.15) is 0 Å². The monoisotopic (exact) mass is 347 g/mol. The molecule has 0 amide bonds. The Balaban J connectivity index is 1.73. The van der Waals surface area contributed by atoms with Crippen molar-refractivity contribution in [1.29, 1.82) is 0 Å². The lowest BCUT2D eigenvalue weighted by molar-refractivity contribution is 0.307. The third kappa shape index (κ3) is 5.18. The number of halogens is 1. The van der Waals surface area contributed by atoms with Gasteiger partial charge < -0.3 is 10.1 Å². The Bertz CT molecular complexity index is 536. The second kappa shape index (κ2) is 8.20. The van der Waals surface area contributed by atoms with Gasteiger partial charge in [0.2, 0.25) is 0 Å². The van der Waals surface area contributed by atoms with Crippen molar-refractivity contribution in [2.75, 3.05) is 13.2 Å². The molecule has 2 aromatic rings. The lowest BCUT2D eigenvalue weighted by atomic mass is 10.1. The second-order valence-corrected chi connectivity index (χ2v) is 5.99. The smallest absolute Gasteiger partial charge is 0.119 e. The summed E-state index contributed by atoms with van der Waals surface area (Å²) in [6, 6.07) is 17.1. The van der Waals surface area contributed by atoms with Crippen LogP contribution in [0.4, 0.5) is 0 Å². The lowest BCUT2D eigenvalue weighted by Crippen LogP contribution is -2.24. The van der Waals surface area contributed by atoms with E-state index in [2.05, 4.69) is 59.4 Å². The van der Waals surface area contributed by atoms with Crippen molar-refractivity contribution in [2.45, 2.75) is 26.3 Å². The molecule has 0 radical (unpaired) electrons. The van der Waals surface area contributed by atoms with E-state index in [4.69, 9.17) is 4.74 Å². The molecule has 0 aliphatic heterocycles. The van der Waals surface area contributed by atoms with Crippen LogP contribution >= 0.6 is 15.9 Å². The van der Waals surface area contributed by atoms with E-state index in [1.165, 1.54) is 11.1 Å². The normalized spacial score (nSPS) is 12.1. The zero-order chi connectivity index (χ0) is 15.1. The molecule has 2 nitrogen and oxygen atoms in total. The van der Waals surface area contributed by atoms with Gasteiger partial charge in [0, 0.05) is 17.1 Å². The molecule has 0 heterocycles. The van der Waals surface area contributed by atoms with Crippen LogP contribution in [0.1, 0.15) is 31.0 Å². The van der Waals surface area contributed by atoms with E-state index in [1.54, 1.807) is 0 Å². The standard InChI is InChI=1S/C18H22BrNO/c1-3-15-4-6-16(7-5-15)14(2)20-12-13-21-18-10-8-17(19)9-11-18/h4-11,14,20H,3,12-13H2,1-2H3. The number of rotatable bonds is 7. The van der Waals surface area contributed by atoms with Gasteiger partial charge >= 0.3 is 0 Å². The summed E-state index contributed by atoms with van der Waals surface area (Å²) in [4.78, 5) is 0. The molecule has 2 rings (SSSR count). The first kappa shape index (κ1) is 16.1. The maximum atomic E-state index is 5.70. The van der Waals surface area contributed by atoms with E-state index < -0.39 is 0 Å². The molecular formula is C18H22BrNO. The highest BCUT2D eigenvalue weighted by atomic mass is 79.9. The average molecular weight is 348 g/mol. The van der Waals surface area contributed by atoms with Gasteiger partial charge in [0.25, 0.3) is 0 Å². The van der Waals surface area contributed by atoms with Crippen molar-refractivity contribution < 1.29 is 4.74 Å². The van der Waals surface area contributed by atoms with Crippen LogP contribution in [0, 0.1) is 0 Å². The molecule has 112 valence electrons. The predicted molar refractivity (Wildman–Crippen MR) is 91.9 cm³/mol. The number of ether oxygens (including phenoxy) is 1. The van der Waals surface area contributed by atoms with Crippen LogP contribution in [-0.2, 0) is 6.42 Å². The van der Waals surface area contributed by atoms with Crippen LogP contribution in [0.5, 0.6) is 5.75 Å². The summed E-state index contributed by atoms with van der Waals surface area (Å²) in [6.45, 7) is 5.85. The molecule has 0 aliphatic carbocycles. The Labute approximate surface area is 135 Å². The summed E-state index contributed by atoms with van der Waals surface area (Å²) in [5, 5.41) is 3.48. The Morgan fingerprint density at radius 2 is 1.71 bits per heavy atom. The van der Waals surface area contributed by atoms with Crippen LogP contribution < -0.4 is 10.1 Å². The van der Waals surface area contributed by atoms with Gasteiger partial charge in [0.05, 0.1) is 0 Å². The number of nitrogens with one attached hydrogen (secondary N) is 1. The first-order chi connectivity index (χ1) is 10.2. The molecule has 0 aliphatic rings. The minimum Gasteiger partial charge on any atom is -0.492 e. The van der Waals surface area contributed by atoms with Crippen LogP contribution in [0.3, 0.4) is 0 Å². The van der Waals surface area contributed by atoms with Crippen LogP contribution in [0.25, 0.3) is 0 Å². The molecule has 0 saturated heterocycles. The van der Waals surface area contributed by atoms with Gasteiger partial charge in [-0.05, 0) is 48.7 Å². The summed E-state index contributed by atoms with van der Waals surface area (Å²) in [5.74, 6) is 0.903. The van der Waals surface area contributed by atoms with Crippen LogP contribution in [-0.4, -0.2) is 13.2 Å². The van der Waals surface area contributed by atoms with Crippen LogP contribution in [0.2, 0.25) is 0 Å². The largest absolute Gasteiger partial charge is 0.492 e. The predicted octanol–water partition coefficient (Wildman–Crippen LogP) is 4.74. The summed E-state index contributed by atoms with van der Waals surface area (Å²) in [5.41, 5.74) is 2.69. The number of hydrogen-bond acceptors (Lipinski definition) is 2. The highest BCUT2D eigenvalue weighted by molar-refractivity contribution is 9.10. The molecule has 1 N–H and O–H groups in total. The fourth-order valence-corrected chi connectivity index (χ4v) is 2.40. The van der Waals surface area contributed by atoms with Crippen molar-refractivity contribution in [3.63, 3.8) is 0 Å². The molecule has 21 heavy (non-hydrogen) atoms. The third-order valence-electron chi connectivity index (χ3n) is 3.52. The SMILES string of the molecule is CCc1ccc(C(C)NCCOc2ccc(Br)cc2)cc1. The van der Waals surface area contributed by atoms with Gasteiger partial charge in [-0.15, -0.1) is 0 Å². The Morgan fingerprint density at radius 3 is 2.33 bits per heavy atom. The third-order valence-corrected chi connectivity index (χ3v) is 4.05. The Kier molecular flexibility index (Phi) is 6.27. The van der Waals surface area contributed by atoms with E-state index >= 15 is 0 Å². The first-order valence-electron chi connectivity index (χ1n) is 7.39. The quantitative estimate of drug-likeness (QED) is 0.730. The highest BCUT2D eigenvalue weighted by Gasteiger charge is 2.04. The maximum absolute atomic E-state index is 5.70. The minimum atomic E-state index is 0.337. The molecular weight excluding hydrogens is 326 g/mol. The summed E-state index contributed by atoms with van der Waals surface area (Å²) in [7, 11) is 0. The molecule has 0 fully saturated rings. The topological polar surface area (TPSA) is 21.3 Å². The minimum absolute atomic E-state index is 0.337. The van der Waals surface area contributed by atoms with Gasteiger partial charge in [-0.1, -0.05) is 47.1 Å². The summed E-state index contributed by atoms with van der Waals surface area (Å²) < 4.78 is 6.77. The molecule has 1 unspecified atom stereocenters. The van der Waals surface area contributed by atoms with Gasteiger partial charge in [0.1, 0.15) is 12.4 Å². The van der Waals surface area contributed by atoms with Crippen molar-refractivity contribution in [3.8, 4) is 5.75 Å². The van der Waals surface area contributed by atoms with Gasteiger partial charge in [0.15, 0.2) is 0 Å². The first-order valence-corrected chi connectivity index (χ1v) is 8.19. The average Bonchev–Trinajstić information content (AvgIpc) is 2.53. The summed E-state index contributed by atoms with van der Waals surface area (Å²) >= 11 is 3.41. The number of aryl methyl sites for hydroxylation is 1. The van der Waals surface area contributed by atoms with Gasteiger partial charge in [-0.3, -0.25) is 0 Å². The van der Waals surface area contributed by atoms with E-state index in [1.807, 2.05) is 24.3 Å². The molecule has 0 saturated carbocycles. The Morgan fingerprint density at radius 1 is 1.05 bits per heavy atom. The molecule has 0 spiro atoms. The fourth-order valence-electron chi connectivity index (χ4n) is 2.14. The van der Waals surface area contributed by atoms with E-state index in [-0.39, 0.29) is 0 Å². The zero-order valence-corrected chi connectivity index (χ0v) is 14.2. The fraction of sp³-hybridized carbons (Fsp3) is 0.333. The zero-order valence-electron chi connectivity index (χ0n) is 12.6. The van der Waals surface area contributed by atoms with Crippen molar-refractivity contribution in [2.24, 2.45) is 0 Å². The molecule has 3 heteroatoms. The maximum Gasteiger partial charge on any atom is 0.119 e. The second-order valence-electron chi connectivity index (χ2n) is 5.07. The van der Waals surface area contributed by atoms with Crippen molar-refractivity contribution in [1.82, 2.24) is 5.32 Å². The highest BCUT2D eigenvalue weighted by Crippen LogP contribution is 2.16. The summed E-state index contributed by atoms with van der Waals surface area (Å²) in [6.07, 6.45) is 1.09. The van der Waals surface area contributed by atoms with Gasteiger partial charge in [-0.25, -0.2) is 0 Å². The van der Waals surface area contributed by atoms with Crippen molar-refractivity contribution >= 4 is 15.9 Å². The Hall–Kier alpha value is -1.32. The van der Waals surface area contributed by atoms with E-state index in [9.17, 15) is 0 Å². The molecule has 1 atom stereocenters. The van der Waals surface area contributed by atoms with Crippen LogP contribution in [0.15, 0.2) is 53.0 Å². The van der Waals surface area contributed by atoms with Crippen molar-refractivity contribution in [3.05, 3.63) is 64.1 Å². The number of hydrogen-bond donors (Lipinski definition) is 1. The van der Waals surface area contributed by atoms with E-state index in [0.717, 1.165) is 23.2 Å². The number of benzene rings is 2. The molecule has 0 bridgehead atoms. The molecule has 0 aromatic heterocycles.